The minimum atomic E-state index is -4.57. The van der Waals surface area contributed by atoms with E-state index in [2.05, 4.69) is 0 Å². The Balaban J connectivity index is 1.55. The van der Waals surface area contributed by atoms with Crippen molar-refractivity contribution in [3.05, 3.63) is 29.8 Å². The molecule has 3 saturated heterocycles. The van der Waals surface area contributed by atoms with Crippen molar-refractivity contribution in [3.8, 4) is 0 Å². The number of anilines is 1. The molecule has 0 aromatic heterocycles. The number of hydrogen-bond donors (Lipinski definition) is 0. The van der Waals surface area contributed by atoms with E-state index in [-0.39, 0.29) is 28.5 Å². The molecule has 0 N–H and O–H groups in total. The van der Waals surface area contributed by atoms with Crippen LogP contribution >= 0.6 is 0 Å². The lowest BCUT2D eigenvalue weighted by Crippen LogP contribution is -2.62. The highest BCUT2D eigenvalue weighted by Crippen LogP contribution is 2.46. The largest absolute Gasteiger partial charge is 0.433 e. The molecule has 6 nitrogen and oxygen atoms in total. The molecule has 5 rings (SSSR count). The number of piperazine rings is 1. The number of amides is 3. The van der Waals surface area contributed by atoms with Gasteiger partial charge in [-0.05, 0) is 31.0 Å². The lowest BCUT2D eigenvalue weighted by Gasteiger charge is -2.32. The van der Waals surface area contributed by atoms with Crippen molar-refractivity contribution in [2.24, 2.45) is 5.92 Å². The van der Waals surface area contributed by atoms with Gasteiger partial charge in [-0.25, -0.2) is 14.2 Å². The molecule has 1 aromatic carbocycles. The van der Waals surface area contributed by atoms with Crippen LogP contribution in [0.2, 0.25) is 0 Å². The molecule has 3 aliphatic heterocycles. The molecule has 2 bridgehead atoms. The zero-order valence-electron chi connectivity index (χ0n) is 14.3. The van der Waals surface area contributed by atoms with Gasteiger partial charge in [0.2, 0.25) is 0 Å². The molecule has 9 heteroatoms. The quantitative estimate of drug-likeness (QED) is 0.595. The van der Waals surface area contributed by atoms with Crippen molar-refractivity contribution in [2.45, 2.75) is 31.1 Å². The maximum atomic E-state index is 13.3. The van der Waals surface area contributed by atoms with Crippen LogP contribution in [0, 0.1) is 5.92 Å². The standard InChI is InChI=1S/C18H17F3N3O3/c19-18(20,21)11-2-1-3-12(6-11)23-16(26)14-8-22-7-13(15(25)10-4-5-10)24(14,9-22)17(23)27/h1-3,6,10,13-14H,4-5,7-9H2/q+1. The first-order chi connectivity index (χ1) is 12.7. The minimum absolute atomic E-state index is 0.00856. The number of fused-ring (bicyclic) bond motifs is 1. The summed E-state index contributed by atoms with van der Waals surface area (Å²) in [6.45, 7) is 1.06. The Hall–Kier alpha value is -2.26. The summed E-state index contributed by atoms with van der Waals surface area (Å²) in [5, 5.41) is 0. The molecule has 3 amide bonds. The summed E-state index contributed by atoms with van der Waals surface area (Å²) in [6, 6.07) is 2.35. The van der Waals surface area contributed by atoms with Crippen LogP contribution in [0.1, 0.15) is 18.4 Å². The average Bonchev–Trinajstić information content (AvgIpc) is 3.26. The van der Waals surface area contributed by atoms with Crippen LogP contribution in [0.3, 0.4) is 0 Å². The first-order valence-corrected chi connectivity index (χ1v) is 8.93. The number of rotatable bonds is 3. The number of quaternary nitrogens is 1. The maximum absolute atomic E-state index is 13.3. The molecular formula is C18H17F3N3O3+. The Morgan fingerprint density at radius 3 is 2.56 bits per heavy atom. The highest BCUT2D eigenvalue weighted by molar-refractivity contribution is 6.18. The van der Waals surface area contributed by atoms with Crippen molar-refractivity contribution in [3.63, 3.8) is 0 Å². The van der Waals surface area contributed by atoms with E-state index in [1.54, 1.807) is 0 Å². The molecule has 4 fully saturated rings. The second kappa shape index (κ2) is 5.17. The summed E-state index contributed by atoms with van der Waals surface area (Å²) in [5.74, 6) is -0.557. The van der Waals surface area contributed by atoms with Gasteiger partial charge < -0.3 is 0 Å². The van der Waals surface area contributed by atoms with Gasteiger partial charge in [-0.1, -0.05) is 6.07 Å². The summed E-state index contributed by atoms with van der Waals surface area (Å²) in [7, 11) is 0. The number of ketones is 1. The number of halogens is 3. The third kappa shape index (κ3) is 2.18. The molecule has 1 spiro atoms. The van der Waals surface area contributed by atoms with E-state index in [0.29, 0.717) is 13.1 Å². The SMILES string of the molecule is O=C(C1CC1)C1C[N@@]2CC3C(=O)N(c4cccc(C(F)(F)F)c4)C(=O)[N+]13C2. The zero-order valence-corrected chi connectivity index (χ0v) is 14.3. The molecule has 3 heterocycles. The Kier molecular flexibility index (Phi) is 3.23. The van der Waals surface area contributed by atoms with Crippen LogP contribution in [-0.4, -0.2) is 58.9 Å². The highest BCUT2D eigenvalue weighted by atomic mass is 19.4. The minimum Gasteiger partial charge on any atom is -0.293 e. The van der Waals surface area contributed by atoms with Crippen LogP contribution < -0.4 is 4.90 Å². The van der Waals surface area contributed by atoms with E-state index < -0.39 is 35.8 Å². The van der Waals surface area contributed by atoms with Crippen molar-refractivity contribution < 1.29 is 32.0 Å². The van der Waals surface area contributed by atoms with E-state index in [1.807, 2.05) is 4.90 Å². The lowest BCUT2D eigenvalue weighted by molar-refractivity contribution is -0.853. The van der Waals surface area contributed by atoms with E-state index >= 15 is 0 Å². The Morgan fingerprint density at radius 2 is 1.89 bits per heavy atom. The van der Waals surface area contributed by atoms with Crippen LogP contribution in [0.4, 0.5) is 23.7 Å². The molecule has 27 heavy (non-hydrogen) atoms. The second-order valence-corrected chi connectivity index (χ2v) is 7.82. The fourth-order valence-electron chi connectivity index (χ4n) is 4.76. The van der Waals surface area contributed by atoms with Crippen LogP contribution in [0.25, 0.3) is 0 Å². The molecule has 4 atom stereocenters. The molecule has 1 saturated carbocycles. The molecule has 1 aliphatic carbocycles. The Labute approximate surface area is 152 Å². The maximum Gasteiger partial charge on any atom is 0.433 e. The lowest BCUT2D eigenvalue weighted by atomic mass is 10.0. The number of alkyl halides is 3. The van der Waals surface area contributed by atoms with E-state index in [1.165, 1.54) is 12.1 Å². The third-order valence-electron chi connectivity index (χ3n) is 6.20. The smallest absolute Gasteiger partial charge is 0.293 e. The molecule has 3 unspecified atom stereocenters. The van der Waals surface area contributed by atoms with Crippen LogP contribution in [0.5, 0.6) is 0 Å². The van der Waals surface area contributed by atoms with E-state index in [0.717, 1.165) is 29.9 Å². The normalized spacial score (nSPS) is 35.1. The summed E-state index contributed by atoms with van der Waals surface area (Å²) in [6.07, 6.45) is -2.96. The van der Waals surface area contributed by atoms with Crippen molar-refractivity contribution in [2.75, 3.05) is 24.7 Å². The summed E-state index contributed by atoms with van der Waals surface area (Å²) >= 11 is 0. The Bertz CT molecular complexity index is 882. The first kappa shape index (κ1) is 16.9. The van der Waals surface area contributed by atoms with Gasteiger partial charge in [0.1, 0.15) is 6.67 Å². The van der Waals surface area contributed by atoms with Gasteiger partial charge in [0.25, 0.3) is 5.91 Å². The summed E-state index contributed by atoms with van der Waals surface area (Å²) in [4.78, 5) is 41.8. The molecule has 1 aromatic rings. The van der Waals surface area contributed by atoms with Crippen molar-refractivity contribution in [1.82, 2.24) is 4.90 Å². The number of carbonyl (C=O) groups is 3. The average molecular weight is 380 g/mol. The first-order valence-electron chi connectivity index (χ1n) is 8.93. The van der Waals surface area contributed by atoms with Crippen molar-refractivity contribution in [1.29, 1.82) is 0 Å². The number of carbonyl (C=O) groups excluding carboxylic acids is 3. The van der Waals surface area contributed by atoms with Gasteiger partial charge in [-0.15, -0.1) is 0 Å². The molecule has 0 radical (unpaired) electrons. The van der Waals surface area contributed by atoms with Gasteiger partial charge in [0.15, 0.2) is 17.9 Å². The zero-order chi connectivity index (χ0) is 19.1. The topological polar surface area (TPSA) is 57.7 Å². The molecule has 142 valence electrons. The number of imide groups is 1. The van der Waals surface area contributed by atoms with E-state index in [4.69, 9.17) is 0 Å². The monoisotopic (exact) mass is 380 g/mol. The van der Waals surface area contributed by atoms with Gasteiger partial charge in [0, 0.05) is 5.92 Å². The van der Waals surface area contributed by atoms with Gasteiger partial charge in [0.05, 0.1) is 24.3 Å². The predicted molar refractivity (Wildman–Crippen MR) is 86.3 cm³/mol. The predicted octanol–water partition coefficient (Wildman–Crippen LogP) is 1.99. The van der Waals surface area contributed by atoms with Gasteiger partial charge in [-0.3, -0.25) is 9.59 Å². The van der Waals surface area contributed by atoms with Crippen LogP contribution in [-0.2, 0) is 15.8 Å². The van der Waals surface area contributed by atoms with Gasteiger partial charge in [-0.2, -0.15) is 18.1 Å². The van der Waals surface area contributed by atoms with Gasteiger partial charge >= 0.3 is 12.2 Å². The second-order valence-electron chi connectivity index (χ2n) is 7.82. The number of Topliss-reactive ketones (excluding diaryl/α,β-unsaturated/α-hetero) is 1. The fourth-order valence-corrected chi connectivity index (χ4v) is 4.76. The number of benzene rings is 1. The Morgan fingerprint density at radius 1 is 1.15 bits per heavy atom. The summed E-state index contributed by atoms with van der Waals surface area (Å²) < 4.78 is 38.9. The number of hydrogen-bond acceptors (Lipinski definition) is 4. The molecule has 4 aliphatic rings. The molecular weight excluding hydrogens is 363 g/mol. The van der Waals surface area contributed by atoms with Crippen LogP contribution in [0.15, 0.2) is 24.3 Å². The third-order valence-corrected chi connectivity index (χ3v) is 6.20. The summed E-state index contributed by atoms with van der Waals surface area (Å²) in [5.41, 5.74) is -1.00. The number of nitrogens with zero attached hydrogens (tertiary/aromatic N) is 3. The fraction of sp³-hybridized carbons (Fsp3) is 0.500. The van der Waals surface area contributed by atoms with Crippen molar-refractivity contribution >= 4 is 23.4 Å². The number of urea groups is 1. The van der Waals surface area contributed by atoms with E-state index in [9.17, 15) is 27.6 Å². The highest BCUT2D eigenvalue weighted by Gasteiger charge is 2.74.